The number of nitrogens with one attached hydrogen (secondary N) is 1. The first-order valence-corrected chi connectivity index (χ1v) is 6.31. The number of benzene rings is 1. The van der Waals surface area contributed by atoms with Crippen LogP contribution in [0.5, 0.6) is 5.75 Å². The summed E-state index contributed by atoms with van der Waals surface area (Å²) in [6, 6.07) is 12.9. The highest BCUT2D eigenvalue weighted by atomic mass is 32.2. The fraction of sp³-hybridized carbons (Fsp3) is 0.0833. The zero-order chi connectivity index (χ0) is 12.8. The summed E-state index contributed by atoms with van der Waals surface area (Å²) in [6.45, 7) is 0.354. The maximum absolute atomic E-state index is 10.6. The highest BCUT2D eigenvalue weighted by molar-refractivity contribution is 7.80. The first kappa shape index (κ1) is 12.5. The van der Waals surface area contributed by atoms with Crippen molar-refractivity contribution in [3.8, 4) is 5.75 Å². The van der Waals surface area contributed by atoms with Gasteiger partial charge in [0.2, 0.25) is 0 Å². The third-order valence-corrected chi connectivity index (χ3v) is 2.55. The summed E-state index contributed by atoms with van der Waals surface area (Å²) in [4.78, 5) is 3.90. The van der Waals surface area contributed by atoms with E-state index in [4.69, 9.17) is 4.74 Å². The van der Waals surface area contributed by atoms with Crippen LogP contribution in [0.25, 0.3) is 0 Å². The fourth-order valence-electron chi connectivity index (χ4n) is 1.40. The molecule has 1 atom stereocenters. The van der Waals surface area contributed by atoms with Gasteiger partial charge in [-0.2, -0.15) is 0 Å². The molecule has 0 amide bonds. The van der Waals surface area contributed by atoms with Crippen molar-refractivity contribution >= 4 is 17.1 Å². The Morgan fingerprint density at radius 2 is 2.00 bits per heavy atom. The summed E-state index contributed by atoms with van der Waals surface area (Å²) in [7, 11) is 0. The largest absolute Gasteiger partial charge is 0.755 e. The van der Waals surface area contributed by atoms with Gasteiger partial charge in [-0.15, -0.1) is 0 Å². The Labute approximate surface area is 107 Å². The molecule has 0 aliphatic heterocycles. The van der Waals surface area contributed by atoms with Crippen LogP contribution in [0.4, 0.5) is 5.82 Å². The highest BCUT2D eigenvalue weighted by Crippen LogP contribution is 2.22. The second-order valence-electron chi connectivity index (χ2n) is 3.46. The maximum atomic E-state index is 10.6. The molecule has 0 saturated heterocycles. The van der Waals surface area contributed by atoms with E-state index in [0.717, 1.165) is 5.56 Å². The minimum Gasteiger partial charge on any atom is -0.755 e. The molecule has 1 unspecified atom stereocenters. The van der Waals surface area contributed by atoms with E-state index in [2.05, 4.69) is 9.71 Å². The minimum absolute atomic E-state index is 0.182. The number of nitrogens with zero attached hydrogens (tertiary/aromatic N) is 1. The molecule has 6 heteroatoms. The molecular weight excluding hydrogens is 252 g/mol. The van der Waals surface area contributed by atoms with Gasteiger partial charge >= 0.3 is 0 Å². The molecule has 0 fully saturated rings. The molecule has 18 heavy (non-hydrogen) atoms. The van der Waals surface area contributed by atoms with E-state index in [9.17, 15) is 8.76 Å². The van der Waals surface area contributed by atoms with Gasteiger partial charge in [0, 0.05) is 17.5 Å². The molecule has 0 saturated carbocycles. The summed E-state index contributed by atoms with van der Waals surface area (Å²) in [5.41, 5.74) is 0.996. The zero-order valence-electron chi connectivity index (χ0n) is 9.41. The molecule has 1 heterocycles. The van der Waals surface area contributed by atoms with Crippen molar-refractivity contribution in [2.45, 2.75) is 6.61 Å². The second kappa shape index (κ2) is 6.13. The van der Waals surface area contributed by atoms with Crippen LogP contribution in [0.15, 0.2) is 48.7 Å². The standard InChI is InChI=1S/C12H12N2O3S/c15-18(16)14-12-11(7-4-8-13-12)17-9-10-5-2-1-3-6-10/h1-8H,9H2,(H,13,14)(H,15,16)/p-1. The van der Waals surface area contributed by atoms with E-state index >= 15 is 0 Å². The highest BCUT2D eigenvalue weighted by Gasteiger charge is 2.04. The number of aromatic nitrogens is 1. The molecule has 0 bridgehead atoms. The van der Waals surface area contributed by atoms with Gasteiger partial charge in [0.25, 0.3) is 0 Å². The zero-order valence-corrected chi connectivity index (χ0v) is 10.2. The summed E-state index contributed by atoms with van der Waals surface area (Å²) in [6.07, 6.45) is 1.49. The van der Waals surface area contributed by atoms with Crippen molar-refractivity contribution in [3.05, 3.63) is 54.2 Å². The number of rotatable bonds is 5. The Bertz CT molecular complexity index is 534. The smallest absolute Gasteiger partial charge is 0.179 e. The predicted octanol–water partition coefficient (Wildman–Crippen LogP) is 1.87. The molecule has 1 aromatic heterocycles. The number of anilines is 1. The van der Waals surface area contributed by atoms with Gasteiger partial charge in [-0.3, -0.25) is 8.93 Å². The van der Waals surface area contributed by atoms with E-state index in [1.807, 2.05) is 30.3 Å². The average molecular weight is 263 g/mol. The minimum atomic E-state index is -2.42. The van der Waals surface area contributed by atoms with Crippen molar-refractivity contribution in [1.82, 2.24) is 4.98 Å². The number of hydrogen-bond acceptors (Lipinski definition) is 4. The third-order valence-electron chi connectivity index (χ3n) is 2.19. The number of pyridine rings is 1. The topological polar surface area (TPSA) is 74.3 Å². The van der Waals surface area contributed by atoms with Gasteiger partial charge in [-0.25, -0.2) is 4.98 Å². The quantitative estimate of drug-likeness (QED) is 0.836. The SMILES string of the molecule is O=S([O-])Nc1ncccc1OCc1ccccc1. The molecule has 0 aliphatic carbocycles. The van der Waals surface area contributed by atoms with Gasteiger partial charge in [0.1, 0.15) is 6.61 Å². The average Bonchev–Trinajstić information content (AvgIpc) is 2.38. The lowest BCUT2D eigenvalue weighted by atomic mass is 10.2. The summed E-state index contributed by atoms with van der Waals surface area (Å²) >= 11 is -2.42. The van der Waals surface area contributed by atoms with Crippen LogP contribution < -0.4 is 9.46 Å². The van der Waals surface area contributed by atoms with Crippen LogP contribution in [-0.2, 0) is 17.9 Å². The van der Waals surface area contributed by atoms with Crippen molar-refractivity contribution in [2.24, 2.45) is 0 Å². The Balaban J connectivity index is 2.07. The first-order valence-electron chi connectivity index (χ1n) is 5.23. The number of ether oxygens (including phenoxy) is 1. The van der Waals surface area contributed by atoms with Crippen LogP contribution in [0.2, 0.25) is 0 Å². The Morgan fingerprint density at radius 1 is 1.22 bits per heavy atom. The normalized spacial score (nSPS) is 11.8. The molecule has 1 N–H and O–H groups in total. The Kier molecular flexibility index (Phi) is 4.27. The van der Waals surface area contributed by atoms with E-state index in [1.54, 1.807) is 12.1 Å². The van der Waals surface area contributed by atoms with Gasteiger partial charge in [-0.1, -0.05) is 30.3 Å². The first-order chi connectivity index (χ1) is 8.75. The van der Waals surface area contributed by atoms with Crippen LogP contribution in [0, 0.1) is 0 Å². The molecule has 2 aromatic rings. The van der Waals surface area contributed by atoms with E-state index < -0.39 is 11.3 Å². The van der Waals surface area contributed by atoms with E-state index in [-0.39, 0.29) is 5.82 Å². The van der Waals surface area contributed by atoms with Gasteiger partial charge in [0.15, 0.2) is 11.6 Å². The van der Waals surface area contributed by atoms with Gasteiger partial charge in [0.05, 0.1) is 0 Å². The Morgan fingerprint density at radius 3 is 2.72 bits per heavy atom. The van der Waals surface area contributed by atoms with Crippen LogP contribution in [0.3, 0.4) is 0 Å². The predicted molar refractivity (Wildman–Crippen MR) is 67.6 cm³/mol. The second-order valence-corrected chi connectivity index (χ2v) is 4.13. The van der Waals surface area contributed by atoms with Crippen molar-refractivity contribution in [2.75, 3.05) is 4.72 Å². The van der Waals surface area contributed by atoms with Gasteiger partial charge in [-0.05, 0) is 17.7 Å². The molecule has 0 aliphatic rings. The molecule has 1 aromatic carbocycles. The van der Waals surface area contributed by atoms with Crippen molar-refractivity contribution in [3.63, 3.8) is 0 Å². The lowest BCUT2D eigenvalue weighted by molar-refractivity contribution is 0.307. The third kappa shape index (κ3) is 3.54. The number of hydrogen-bond donors (Lipinski definition) is 1. The molecule has 94 valence electrons. The lowest BCUT2D eigenvalue weighted by Crippen LogP contribution is -2.06. The van der Waals surface area contributed by atoms with Gasteiger partial charge < -0.3 is 9.29 Å². The summed E-state index contributed by atoms with van der Waals surface area (Å²) < 4.78 is 28.9. The molecular formula is C12H11N2O3S-. The van der Waals surface area contributed by atoms with Crippen LogP contribution in [-0.4, -0.2) is 13.7 Å². The van der Waals surface area contributed by atoms with Crippen LogP contribution in [0.1, 0.15) is 5.56 Å². The summed E-state index contributed by atoms with van der Waals surface area (Å²) in [5.74, 6) is 0.576. The Hall–Kier alpha value is -1.92. The molecule has 0 spiro atoms. The molecule has 5 nitrogen and oxygen atoms in total. The molecule has 2 rings (SSSR count). The van der Waals surface area contributed by atoms with Crippen molar-refractivity contribution in [1.29, 1.82) is 0 Å². The lowest BCUT2D eigenvalue weighted by Gasteiger charge is -2.13. The monoisotopic (exact) mass is 263 g/mol. The maximum Gasteiger partial charge on any atom is 0.179 e. The van der Waals surface area contributed by atoms with Crippen LogP contribution >= 0.6 is 0 Å². The molecule has 0 radical (unpaired) electrons. The van der Waals surface area contributed by atoms with E-state index in [1.165, 1.54) is 6.20 Å². The summed E-state index contributed by atoms with van der Waals surface area (Å²) in [5, 5.41) is 0. The van der Waals surface area contributed by atoms with Crippen molar-refractivity contribution < 1.29 is 13.5 Å². The van der Waals surface area contributed by atoms with E-state index in [0.29, 0.717) is 12.4 Å². The fourth-order valence-corrected chi connectivity index (χ4v) is 1.71.